The fourth-order valence-corrected chi connectivity index (χ4v) is 3.69. The number of imide groups is 1. The predicted molar refractivity (Wildman–Crippen MR) is 103 cm³/mol. The Labute approximate surface area is 160 Å². The number of nitrogens with zero attached hydrogens (tertiary/aromatic N) is 1. The Morgan fingerprint density at radius 2 is 1.70 bits per heavy atom. The van der Waals surface area contributed by atoms with Gasteiger partial charge < -0.3 is 5.32 Å². The van der Waals surface area contributed by atoms with Crippen molar-refractivity contribution in [2.24, 2.45) is 0 Å². The van der Waals surface area contributed by atoms with E-state index in [4.69, 9.17) is 0 Å². The van der Waals surface area contributed by atoms with Gasteiger partial charge >= 0.3 is 0 Å². The molecule has 1 aliphatic heterocycles. The third-order valence-corrected chi connectivity index (χ3v) is 5.20. The molecule has 3 rings (SSSR count). The van der Waals surface area contributed by atoms with Crippen LogP contribution in [0.3, 0.4) is 0 Å². The van der Waals surface area contributed by atoms with E-state index >= 15 is 0 Å². The minimum atomic E-state index is -0.393. The van der Waals surface area contributed by atoms with Gasteiger partial charge in [-0.1, -0.05) is 18.2 Å². The standard InChI is InChI=1S/C20H19FN2O3S/c21-14-5-3-6-15(13-14)22-18(24)9-12-27-11-4-10-23-19(25)16-7-1-2-8-17(16)20(23)26/h1-3,5-8,13H,4,9-12H2,(H,22,24). The lowest BCUT2D eigenvalue weighted by Crippen LogP contribution is -2.31. The van der Waals surface area contributed by atoms with Gasteiger partial charge in [0.1, 0.15) is 5.82 Å². The first-order valence-electron chi connectivity index (χ1n) is 8.64. The molecule has 0 saturated heterocycles. The van der Waals surface area contributed by atoms with Crippen molar-refractivity contribution in [1.29, 1.82) is 0 Å². The van der Waals surface area contributed by atoms with Crippen LogP contribution in [-0.4, -0.2) is 40.7 Å². The first kappa shape index (κ1) is 19.1. The minimum absolute atomic E-state index is 0.173. The van der Waals surface area contributed by atoms with Crippen LogP contribution in [0.4, 0.5) is 10.1 Å². The van der Waals surface area contributed by atoms with Gasteiger partial charge in [-0.25, -0.2) is 4.39 Å². The zero-order chi connectivity index (χ0) is 19.2. The van der Waals surface area contributed by atoms with Crippen LogP contribution >= 0.6 is 11.8 Å². The van der Waals surface area contributed by atoms with Crippen molar-refractivity contribution in [2.75, 3.05) is 23.4 Å². The predicted octanol–water partition coefficient (Wildman–Crippen LogP) is 3.57. The van der Waals surface area contributed by atoms with Crippen molar-refractivity contribution >= 4 is 35.2 Å². The molecule has 0 radical (unpaired) electrons. The molecule has 0 spiro atoms. The fourth-order valence-electron chi connectivity index (χ4n) is 2.82. The Kier molecular flexibility index (Phi) is 6.24. The average molecular weight is 386 g/mol. The van der Waals surface area contributed by atoms with Crippen LogP contribution in [0.15, 0.2) is 48.5 Å². The largest absolute Gasteiger partial charge is 0.326 e. The second kappa shape index (κ2) is 8.81. The van der Waals surface area contributed by atoms with Crippen LogP contribution in [0.2, 0.25) is 0 Å². The summed E-state index contributed by atoms with van der Waals surface area (Å²) in [6.07, 6.45) is 0.982. The third-order valence-electron chi connectivity index (χ3n) is 4.13. The maximum atomic E-state index is 13.1. The molecule has 7 heteroatoms. The number of thioether (sulfide) groups is 1. The van der Waals surface area contributed by atoms with Crippen molar-refractivity contribution in [3.05, 3.63) is 65.5 Å². The Balaban J connectivity index is 1.34. The molecule has 2 aromatic rings. The van der Waals surface area contributed by atoms with E-state index in [0.717, 1.165) is 5.75 Å². The second-order valence-corrected chi connectivity index (χ2v) is 7.31. The molecule has 1 heterocycles. The average Bonchev–Trinajstić information content (AvgIpc) is 2.89. The number of hydrogen-bond donors (Lipinski definition) is 1. The van der Waals surface area contributed by atoms with Gasteiger partial charge in [0.2, 0.25) is 5.91 Å². The molecule has 5 nitrogen and oxygen atoms in total. The lowest BCUT2D eigenvalue weighted by atomic mass is 10.1. The zero-order valence-corrected chi connectivity index (χ0v) is 15.4. The molecular weight excluding hydrogens is 367 g/mol. The van der Waals surface area contributed by atoms with E-state index < -0.39 is 5.82 Å². The van der Waals surface area contributed by atoms with E-state index in [0.29, 0.717) is 42.0 Å². The van der Waals surface area contributed by atoms with Crippen molar-refractivity contribution in [3.8, 4) is 0 Å². The lowest BCUT2D eigenvalue weighted by molar-refractivity contribution is -0.115. The molecule has 0 bridgehead atoms. The van der Waals surface area contributed by atoms with Crippen LogP contribution in [0.25, 0.3) is 0 Å². The van der Waals surface area contributed by atoms with Gasteiger partial charge in [0.15, 0.2) is 0 Å². The Morgan fingerprint density at radius 1 is 1.00 bits per heavy atom. The van der Waals surface area contributed by atoms with Gasteiger partial charge in [-0.3, -0.25) is 19.3 Å². The molecule has 0 aromatic heterocycles. The summed E-state index contributed by atoms with van der Waals surface area (Å²) in [5.41, 5.74) is 1.36. The highest BCUT2D eigenvalue weighted by Crippen LogP contribution is 2.22. The number of anilines is 1. The quantitative estimate of drug-likeness (QED) is 0.556. The summed E-state index contributed by atoms with van der Waals surface area (Å²) < 4.78 is 13.1. The van der Waals surface area contributed by atoms with Gasteiger partial charge in [-0.15, -0.1) is 0 Å². The molecule has 0 fully saturated rings. The van der Waals surface area contributed by atoms with Crippen molar-refractivity contribution in [1.82, 2.24) is 4.90 Å². The molecule has 0 unspecified atom stereocenters. The number of benzene rings is 2. The summed E-state index contributed by atoms with van der Waals surface area (Å²) in [4.78, 5) is 37.6. The van der Waals surface area contributed by atoms with Gasteiger partial charge in [0, 0.05) is 24.4 Å². The van der Waals surface area contributed by atoms with Crippen LogP contribution < -0.4 is 5.32 Å². The molecule has 140 valence electrons. The molecule has 1 aliphatic rings. The summed E-state index contributed by atoms with van der Waals surface area (Å²) >= 11 is 1.58. The van der Waals surface area contributed by atoms with Crippen LogP contribution in [0.1, 0.15) is 33.6 Å². The van der Waals surface area contributed by atoms with E-state index in [9.17, 15) is 18.8 Å². The van der Waals surface area contributed by atoms with E-state index in [1.54, 1.807) is 48.2 Å². The molecule has 3 amide bonds. The number of carbonyl (C=O) groups excluding carboxylic acids is 3. The molecule has 1 N–H and O–H groups in total. The maximum absolute atomic E-state index is 13.1. The fraction of sp³-hybridized carbons (Fsp3) is 0.250. The normalized spacial score (nSPS) is 13.0. The van der Waals surface area contributed by atoms with Crippen LogP contribution in [0.5, 0.6) is 0 Å². The van der Waals surface area contributed by atoms with E-state index in [-0.39, 0.29) is 17.7 Å². The molecule has 2 aromatic carbocycles. The van der Waals surface area contributed by atoms with Crippen molar-refractivity contribution in [2.45, 2.75) is 12.8 Å². The second-order valence-electron chi connectivity index (χ2n) is 6.08. The van der Waals surface area contributed by atoms with Gasteiger partial charge in [-0.2, -0.15) is 11.8 Å². The van der Waals surface area contributed by atoms with Crippen molar-refractivity contribution < 1.29 is 18.8 Å². The summed E-state index contributed by atoms with van der Waals surface area (Å²) in [5.74, 6) is 0.304. The van der Waals surface area contributed by atoms with Crippen molar-refractivity contribution in [3.63, 3.8) is 0 Å². The number of hydrogen-bond acceptors (Lipinski definition) is 4. The summed E-state index contributed by atoms with van der Waals surface area (Å²) in [6, 6.07) is 12.6. The lowest BCUT2D eigenvalue weighted by Gasteiger charge is -2.13. The van der Waals surface area contributed by atoms with Crippen LogP contribution in [0, 0.1) is 5.82 Å². The summed E-state index contributed by atoms with van der Waals surface area (Å²) in [6.45, 7) is 0.370. The van der Waals surface area contributed by atoms with Gasteiger partial charge in [-0.05, 0) is 42.5 Å². The topological polar surface area (TPSA) is 66.5 Å². The molecule has 0 aliphatic carbocycles. The third kappa shape index (κ3) is 4.74. The number of nitrogens with one attached hydrogen (secondary N) is 1. The van der Waals surface area contributed by atoms with Crippen LogP contribution in [-0.2, 0) is 4.79 Å². The maximum Gasteiger partial charge on any atom is 0.261 e. The first-order chi connectivity index (χ1) is 13.1. The van der Waals surface area contributed by atoms with E-state index in [1.807, 2.05) is 0 Å². The monoisotopic (exact) mass is 386 g/mol. The Hall–Kier alpha value is -2.67. The molecule has 27 heavy (non-hydrogen) atoms. The highest BCUT2D eigenvalue weighted by atomic mass is 32.2. The van der Waals surface area contributed by atoms with E-state index in [2.05, 4.69) is 5.32 Å². The summed E-state index contributed by atoms with van der Waals surface area (Å²) in [5, 5.41) is 2.65. The SMILES string of the molecule is O=C(CCSCCCN1C(=O)c2ccccc2C1=O)Nc1cccc(F)c1. The van der Waals surface area contributed by atoms with E-state index in [1.165, 1.54) is 17.0 Å². The molecular formula is C20H19FN2O3S. The number of rotatable bonds is 8. The number of halogens is 1. The Morgan fingerprint density at radius 3 is 2.37 bits per heavy atom. The van der Waals surface area contributed by atoms with Gasteiger partial charge in [0.05, 0.1) is 11.1 Å². The highest BCUT2D eigenvalue weighted by Gasteiger charge is 2.34. The summed E-state index contributed by atoms with van der Waals surface area (Å²) in [7, 11) is 0. The molecule has 0 saturated carbocycles. The smallest absolute Gasteiger partial charge is 0.261 e. The first-order valence-corrected chi connectivity index (χ1v) is 9.80. The minimum Gasteiger partial charge on any atom is -0.326 e. The Bertz CT molecular complexity index is 837. The van der Waals surface area contributed by atoms with Gasteiger partial charge in [0.25, 0.3) is 11.8 Å². The molecule has 0 atom stereocenters. The zero-order valence-electron chi connectivity index (χ0n) is 14.6. The number of fused-ring (bicyclic) bond motifs is 1. The highest BCUT2D eigenvalue weighted by molar-refractivity contribution is 7.99. The number of amides is 3. The number of carbonyl (C=O) groups is 3.